The van der Waals surface area contributed by atoms with Gasteiger partial charge >= 0.3 is 11.7 Å². The van der Waals surface area contributed by atoms with Crippen LogP contribution >= 0.6 is 0 Å². The molecule has 26 heavy (non-hydrogen) atoms. The molecule has 2 aromatic rings. The third kappa shape index (κ3) is 3.49. The molecule has 0 aliphatic carbocycles. The second kappa shape index (κ2) is 7.65. The zero-order chi connectivity index (χ0) is 18.5. The molecule has 2 unspecified atom stereocenters. The van der Waals surface area contributed by atoms with Gasteiger partial charge < -0.3 is 9.57 Å². The van der Waals surface area contributed by atoms with E-state index >= 15 is 0 Å². The van der Waals surface area contributed by atoms with Gasteiger partial charge in [0.15, 0.2) is 0 Å². The van der Waals surface area contributed by atoms with Gasteiger partial charge in [0.2, 0.25) is 0 Å². The molecule has 0 radical (unpaired) electrons. The van der Waals surface area contributed by atoms with Crippen LogP contribution in [-0.2, 0) is 14.4 Å². The first-order chi connectivity index (χ1) is 12.6. The zero-order valence-corrected chi connectivity index (χ0v) is 14.1. The lowest BCUT2D eigenvalue weighted by Crippen LogP contribution is -2.27. The molecule has 132 valence electrons. The van der Waals surface area contributed by atoms with Crippen molar-refractivity contribution in [2.24, 2.45) is 0 Å². The van der Waals surface area contributed by atoms with Crippen LogP contribution < -0.4 is 0 Å². The molecule has 2 atom stereocenters. The average Bonchev–Trinajstić information content (AvgIpc) is 3.02. The first-order valence-corrected chi connectivity index (χ1v) is 8.03. The van der Waals surface area contributed by atoms with Crippen LogP contribution in [0.15, 0.2) is 72.8 Å². The quantitative estimate of drug-likeness (QED) is 0.358. The van der Waals surface area contributed by atoms with E-state index in [0.717, 1.165) is 5.56 Å². The molecule has 0 N–H and O–H groups in total. The number of esters is 1. The Kier molecular flexibility index (Phi) is 5.12. The second-order valence-corrected chi connectivity index (χ2v) is 5.68. The Morgan fingerprint density at radius 1 is 1.08 bits per heavy atom. The summed E-state index contributed by atoms with van der Waals surface area (Å²) in [6.07, 6.45) is 1.82. The molecule has 3 rings (SSSR count). The normalized spacial score (nSPS) is 19.4. The predicted molar refractivity (Wildman–Crippen MR) is 94.6 cm³/mol. The molecule has 0 amide bonds. The molecule has 0 aromatic heterocycles. The molecule has 1 heterocycles. The van der Waals surface area contributed by atoms with Crippen LogP contribution in [-0.4, -0.2) is 35.6 Å². The first-order valence-electron chi connectivity index (χ1n) is 8.03. The number of ether oxygens (including phenoxy) is 1. The molecule has 1 aliphatic rings. The van der Waals surface area contributed by atoms with Gasteiger partial charge in [0, 0.05) is 16.5 Å². The van der Waals surface area contributed by atoms with Gasteiger partial charge in [-0.25, -0.2) is 4.79 Å². The molecule has 0 fully saturated rings. The van der Waals surface area contributed by atoms with Gasteiger partial charge in [-0.3, -0.25) is 10.0 Å². The van der Waals surface area contributed by atoms with Crippen molar-refractivity contribution in [3.63, 3.8) is 0 Å². The van der Waals surface area contributed by atoms with Gasteiger partial charge in [-0.05, 0) is 5.56 Å². The molecule has 0 saturated heterocycles. The van der Waals surface area contributed by atoms with Gasteiger partial charge in [0.1, 0.15) is 12.0 Å². The van der Waals surface area contributed by atoms with E-state index in [-0.39, 0.29) is 10.6 Å². The molecule has 1 aliphatic heterocycles. The number of Topliss-reactive ketones (excluding diaryl/α,β-unsaturated/α-hetero) is 1. The summed E-state index contributed by atoms with van der Waals surface area (Å²) in [6, 6.07) is 17.6. The molecule has 0 saturated carbocycles. The predicted octanol–water partition coefficient (Wildman–Crippen LogP) is 2.65. The largest absolute Gasteiger partial charge is 0.466 e. The van der Waals surface area contributed by atoms with Crippen LogP contribution in [0.25, 0.3) is 0 Å². The fourth-order valence-electron chi connectivity index (χ4n) is 2.85. The van der Waals surface area contributed by atoms with E-state index in [1.807, 2.05) is 30.3 Å². The molecule has 6 heteroatoms. The Bertz CT molecular complexity index is 858. The minimum atomic E-state index is -0.795. The molecule has 0 spiro atoms. The lowest BCUT2D eigenvalue weighted by atomic mass is 9.85. The van der Waals surface area contributed by atoms with Crippen LogP contribution in [0.4, 0.5) is 0 Å². The minimum Gasteiger partial charge on any atom is -0.466 e. The maximum absolute atomic E-state index is 12.9. The van der Waals surface area contributed by atoms with E-state index in [1.165, 1.54) is 19.3 Å². The number of hydrogen-bond donors (Lipinski definition) is 0. The number of benzene rings is 2. The van der Waals surface area contributed by atoms with E-state index < -0.39 is 23.8 Å². The standard InChI is InChI=1S/C20H17NO5/c1-25-17(22)13-12-16-18(14-8-4-2-5-9-14)19(21(24)26-16)20(23)15-10-6-3-7-11-15/h2-13,16,18H,1H3/b13-12-. The Morgan fingerprint density at radius 3 is 2.31 bits per heavy atom. The SMILES string of the molecule is COC(=O)/C=C\C1O[N+]([O-])=C(C(=O)c2ccccc2)C1c1ccccc1. The number of methoxy groups -OCH3 is 1. The zero-order valence-electron chi connectivity index (χ0n) is 14.1. The van der Waals surface area contributed by atoms with E-state index in [9.17, 15) is 14.8 Å². The number of nitrogens with zero attached hydrogens (tertiary/aromatic N) is 1. The highest BCUT2D eigenvalue weighted by Gasteiger charge is 2.44. The highest BCUT2D eigenvalue weighted by atomic mass is 16.9. The summed E-state index contributed by atoms with van der Waals surface area (Å²) in [7, 11) is 1.26. The average molecular weight is 351 g/mol. The number of hydrogen-bond acceptors (Lipinski definition) is 5. The minimum absolute atomic E-state index is 0.0260. The highest BCUT2D eigenvalue weighted by molar-refractivity contribution is 6.46. The van der Waals surface area contributed by atoms with Crippen LogP contribution in [0.3, 0.4) is 0 Å². The highest BCUT2D eigenvalue weighted by Crippen LogP contribution is 2.31. The van der Waals surface area contributed by atoms with Crippen LogP contribution in [0.5, 0.6) is 0 Å². The summed E-state index contributed by atoms with van der Waals surface area (Å²) in [5, 5.41) is 12.4. The molecular weight excluding hydrogens is 334 g/mol. The van der Waals surface area contributed by atoms with Crippen LogP contribution in [0, 0.1) is 5.21 Å². The van der Waals surface area contributed by atoms with Crippen molar-refractivity contribution in [2.45, 2.75) is 12.0 Å². The summed E-state index contributed by atoms with van der Waals surface area (Å²) < 4.78 is 4.57. The van der Waals surface area contributed by atoms with Gasteiger partial charge in [-0.2, -0.15) is 0 Å². The van der Waals surface area contributed by atoms with Gasteiger partial charge in [0.05, 0.1) is 7.11 Å². The summed E-state index contributed by atoms with van der Waals surface area (Å²) >= 11 is 0. The Hall–Kier alpha value is -3.41. The van der Waals surface area contributed by atoms with Crippen molar-refractivity contribution >= 4 is 17.5 Å². The van der Waals surface area contributed by atoms with E-state index in [2.05, 4.69) is 4.74 Å². The smallest absolute Gasteiger partial charge is 0.330 e. The van der Waals surface area contributed by atoms with Crippen molar-refractivity contribution < 1.29 is 24.1 Å². The fourth-order valence-corrected chi connectivity index (χ4v) is 2.85. The first kappa shape index (κ1) is 17.4. The second-order valence-electron chi connectivity index (χ2n) is 5.68. The van der Waals surface area contributed by atoms with Gasteiger partial charge in [0.25, 0.3) is 5.78 Å². The van der Waals surface area contributed by atoms with Crippen molar-refractivity contribution in [1.29, 1.82) is 0 Å². The van der Waals surface area contributed by atoms with E-state index in [0.29, 0.717) is 5.56 Å². The Labute approximate surface area is 150 Å². The molecular formula is C20H17NO5. The van der Waals surface area contributed by atoms with Gasteiger partial charge in [-0.15, -0.1) is 0 Å². The fraction of sp³-hybridized carbons (Fsp3) is 0.150. The number of ketones is 1. The summed E-state index contributed by atoms with van der Waals surface area (Å²) in [4.78, 5) is 29.9. The molecule has 2 aromatic carbocycles. The lowest BCUT2D eigenvalue weighted by Gasteiger charge is -2.15. The topological polar surface area (TPSA) is 78.7 Å². The Morgan fingerprint density at radius 2 is 1.69 bits per heavy atom. The van der Waals surface area contributed by atoms with Crippen LogP contribution in [0.2, 0.25) is 0 Å². The lowest BCUT2D eigenvalue weighted by molar-refractivity contribution is -0.737. The summed E-state index contributed by atoms with van der Waals surface area (Å²) in [5.41, 5.74) is 1.11. The monoisotopic (exact) mass is 351 g/mol. The van der Waals surface area contributed by atoms with Crippen LogP contribution in [0.1, 0.15) is 21.8 Å². The maximum atomic E-state index is 12.9. The van der Waals surface area contributed by atoms with Crippen molar-refractivity contribution in [1.82, 2.24) is 0 Å². The third-order valence-corrected chi connectivity index (χ3v) is 4.09. The Balaban J connectivity index is 2.01. The summed E-state index contributed by atoms with van der Waals surface area (Å²) in [5.74, 6) is -1.62. The van der Waals surface area contributed by atoms with Gasteiger partial charge in [-0.1, -0.05) is 66.7 Å². The summed E-state index contributed by atoms with van der Waals surface area (Å²) in [6.45, 7) is 0. The van der Waals surface area contributed by atoms with Crippen molar-refractivity contribution in [3.05, 3.63) is 89.1 Å². The molecule has 6 nitrogen and oxygen atoms in total. The third-order valence-electron chi connectivity index (χ3n) is 4.09. The number of carbonyl (C=O) groups excluding carboxylic acids is 2. The van der Waals surface area contributed by atoms with E-state index in [4.69, 9.17) is 4.84 Å². The van der Waals surface area contributed by atoms with Crippen molar-refractivity contribution in [3.8, 4) is 0 Å². The van der Waals surface area contributed by atoms with Crippen molar-refractivity contribution in [2.75, 3.05) is 7.11 Å². The maximum Gasteiger partial charge on any atom is 0.330 e. The number of carbonyl (C=O) groups is 2. The van der Waals surface area contributed by atoms with E-state index in [1.54, 1.807) is 30.3 Å². The molecule has 0 bridgehead atoms. The number of rotatable bonds is 5.